The summed E-state index contributed by atoms with van der Waals surface area (Å²) >= 11 is 5.32. The lowest BCUT2D eigenvalue weighted by atomic mass is 10.1. The van der Waals surface area contributed by atoms with Crippen LogP contribution in [0.3, 0.4) is 0 Å². The van der Waals surface area contributed by atoms with E-state index in [0.29, 0.717) is 6.61 Å². The van der Waals surface area contributed by atoms with Gasteiger partial charge in [-0.1, -0.05) is 36.4 Å². The van der Waals surface area contributed by atoms with Gasteiger partial charge in [-0.25, -0.2) is 0 Å². The second-order valence-corrected chi connectivity index (χ2v) is 8.16. The van der Waals surface area contributed by atoms with Gasteiger partial charge in [-0.05, 0) is 30.2 Å². The molecule has 0 aliphatic rings. The number of benzene rings is 2. The predicted molar refractivity (Wildman–Crippen MR) is 79.5 cm³/mol. The minimum absolute atomic E-state index is 0.583. The molecule has 0 saturated carbocycles. The third kappa shape index (κ3) is 3.30. The van der Waals surface area contributed by atoms with E-state index in [1.807, 2.05) is 56.1 Å². The molecular weight excluding hydrogens is 265 g/mol. The normalized spacial score (nSPS) is 14.3. The maximum Gasteiger partial charge on any atom is 0.158 e. The zero-order valence-corrected chi connectivity index (χ0v) is 12.1. The molecule has 3 nitrogen and oxygen atoms in total. The standard InChI is InChI=1S/C13H16NO2PS/c1-3-15-17(2,18)14-16-13-10-6-8-11-7-4-5-9-12(11)13/h4-10H,3H2,1-2H3,(H,14,18). The molecule has 1 N–H and O–H groups in total. The molecule has 0 amide bonds. The van der Waals surface area contributed by atoms with Crippen molar-refractivity contribution >= 4 is 29.0 Å². The quantitative estimate of drug-likeness (QED) is 0.668. The van der Waals surface area contributed by atoms with Gasteiger partial charge in [-0.15, -0.1) is 5.25 Å². The van der Waals surface area contributed by atoms with E-state index >= 15 is 0 Å². The van der Waals surface area contributed by atoms with Gasteiger partial charge in [0.15, 0.2) is 12.2 Å². The first-order valence-corrected chi connectivity index (χ1v) is 8.93. The molecule has 0 fully saturated rings. The molecule has 18 heavy (non-hydrogen) atoms. The second-order valence-electron chi connectivity index (χ2n) is 3.93. The third-order valence-corrected chi connectivity index (χ3v) is 4.16. The van der Waals surface area contributed by atoms with Crippen LogP contribution < -0.4 is 10.1 Å². The molecule has 1 unspecified atom stereocenters. The van der Waals surface area contributed by atoms with Crippen LogP contribution in [-0.4, -0.2) is 13.3 Å². The Labute approximate surface area is 112 Å². The Bertz CT molecular complexity index is 583. The molecule has 0 bridgehead atoms. The van der Waals surface area contributed by atoms with Crippen molar-refractivity contribution in [2.24, 2.45) is 0 Å². The summed E-state index contributed by atoms with van der Waals surface area (Å²) < 4.78 is 5.45. The fourth-order valence-corrected chi connectivity index (χ4v) is 2.93. The Hall–Kier alpha value is -0.930. The molecule has 96 valence electrons. The number of hydrogen-bond acceptors (Lipinski definition) is 3. The summed E-state index contributed by atoms with van der Waals surface area (Å²) in [5.41, 5.74) is 0. The maximum atomic E-state index is 5.61. The van der Waals surface area contributed by atoms with E-state index in [2.05, 4.69) is 5.25 Å². The number of rotatable bonds is 5. The van der Waals surface area contributed by atoms with Gasteiger partial charge in [-0.2, -0.15) is 0 Å². The molecule has 5 heteroatoms. The number of fused-ring (bicyclic) bond motifs is 1. The van der Waals surface area contributed by atoms with E-state index in [-0.39, 0.29) is 0 Å². The van der Waals surface area contributed by atoms with Crippen LogP contribution in [0.2, 0.25) is 0 Å². The van der Waals surface area contributed by atoms with Crippen molar-refractivity contribution in [1.82, 2.24) is 5.25 Å². The lowest BCUT2D eigenvalue weighted by molar-refractivity contribution is 0.252. The van der Waals surface area contributed by atoms with Crippen molar-refractivity contribution in [3.63, 3.8) is 0 Å². The maximum absolute atomic E-state index is 5.61. The Morgan fingerprint density at radius 2 is 1.89 bits per heavy atom. The molecule has 0 aromatic heterocycles. The largest absolute Gasteiger partial charge is 0.402 e. The summed E-state index contributed by atoms with van der Waals surface area (Å²) in [5.74, 6) is 0.767. The summed E-state index contributed by atoms with van der Waals surface area (Å²) in [7, 11) is 0. The van der Waals surface area contributed by atoms with Crippen molar-refractivity contribution in [3.05, 3.63) is 42.5 Å². The molecule has 2 rings (SSSR count). The highest BCUT2D eigenvalue weighted by molar-refractivity contribution is 8.10. The third-order valence-electron chi connectivity index (χ3n) is 2.45. The molecule has 0 spiro atoms. The van der Waals surface area contributed by atoms with Crippen molar-refractivity contribution in [3.8, 4) is 5.75 Å². The summed E-state index contributed by atoms with van der Waals surface area (Å²) in [6.07, 6.45) is -2.07. The fraction of sp³-hybridized carbons (Fsp3) is 0.231. The van der Waals surface area contributed by atoms with Crippen LogP contribution in [0.25, 0.3) is 10.8 Å². The van der Waals surface area contributed by atoms with Crippen LogP contribution in [0.1, 0.15) is 6.92 Å². The van der Waals surface area contributed by atoms with E-state index in [1.54, 1.807) is 0 Å². The Morgan fingerprint density at radius 1 is 1.17 bits per heavy atom. The van der Waals surface area contributed by atoms with E-state index < -0.39 is 6.42 Å². The van der Waals surface area contributed by atoms with E-state index in [1.165, 1.54) is 0 Å². The van der Waals surface area contributed by atoms with Gasteiger partial charge < -0.3 is 9.36 Å². The van der Waals surface area contributed by atoms with Crippen LogP contribution in [0.4, 0.5) is 0 Å². The first-order valence-electron chi connectivity index (χ1n) is 5.76. The van der Waals surface area contributed by atoms with Gasteiger partial charge in [-0.3, -0.25) is 0 Å². The highest BCUT2D eigenvalue weighted by Gasteiger charge is 2.10. The predicted octanol–water partition coefficient (Wildman–Crippen LogP) is 3.70. The first-order chi connectivity index (χ1) is 8.62. The summed E-state index contributed by atoms with van der Waals surface area (Å²) in [5, 5.41) is 5.06. The second kappa shape index (κ2) is 5.81. The van der Waals surface area contributed by atoms with Crippen LogP contribution in [-0.2, 0) is 16.3 Å². The topological polar surface area (TPSA) is 30.5 Å². The zero-order valence-electron chi connectivity index (χ0n) is 10.4. The van der Waals surface area contributed by atoms with Crippen molar-refractivity contribution in [2.45, 2.75) is 6.92 Å². The minimum atomic E-state index is -2.07. The Kier molecular flexibility index (Phi) is 4.36. The van der Waals surface area contributed by atoms with E-state index in [0.717, 1.165) is 16.5 Å². The van der Waals surface area contributed by atoms with Crippen molar-refractivity contribution in [2.75, 3.05) is 13.3 Å². The summed E-state index contributed by atoms with van der Waals surface area (Å²) in [6.45, 7) is 4.36. The van der Waals surface area contributed by atoms with Crippen LogP contribution in [0, 0.1) is 0 Å². The molecule has 0 radical (unpaired) electrons. The molecule has 0 aliphatic carbocycles. The molecule has 0 saturated heterocycles. The highest BCUT2D eigenvalue weighted by Crippen LogP contribution is 2.38. The van der Waals surface area contributed by atoms with E-state index in [4.69, 9.17) is 21.2 Å². The van der Waals surface area contributed by atoms with E-state index in [9.17, 15) is 0 Å². The molecule has 2 aromatic rings. The van der Waals surface area contributed by atoms with Crippen LogP contribution in [0.15, 0.2) is 42.5 Å². The average molecular weight is 281 g/mol. The lowest BCUT2D eigenvalue weighted by Crippen LogP contribution is -2.16. The molecular formula is C13H16NO2PS. The van der Waals surface area contributed by atoms with Gasteiger partial charge in [0.25, 0.3) is 0 Å². The van der Waals surface area contributed by atoms with Gasteiger partial charge in [0, 0.05) is 12.1 Å². The van der Waals surface area contributed by atoms with Crippen molar-refractivity contribution in [1.29, 1.82) is 0 Å². The minimum Gasteiger partial charge on any atom is -0.402 e. The zero-order chi connectivity index (χ0) is 13.0. The Morgan fingerprint density at radius 3 is 2.67 bits per heavy atom. The monoisotopic (exact) mass is 281 g/mol. The molecule has 1 atom stereocenters. The Balaban J connectivity index is 2.20. The van der Waals surface area contributed by atoms with Crippen LogP contribution >= 0.6 is 6.42 Å². The van der Waals surface area contributed by atoms with Gasteiger partial charge in [0.2, 0.25) is 0 Å². The summed E-state index contributed by atoms with van der Waals surface area (Å²) in [6, 6.07) is 14.0. The summed E-state index contributed by atoms with van der Waals surface area (Å²) in [4.78, 5) is 5.61. The van der Waals surface area contributed by atoms with Gasteiger partial charge in [0.05, 0.1) is 6.61 Å². The van der Waals surface area contributed by atoms with Gasteiger partial charge in [0.1, 0.15) is 0 Å². The number of hydrogen-bond donors (Lipinski definition) is 1. The van der Waals surface area contributed by atoms with Crippen molar-refractivity contribution < 1.29 is 9.36 Å². The smallest absolute Gasteiger partial charge is 0.158 e. The SMILES string of the molecule is CCOP(C)(=S)NOc1cccc2ccccc12. The van der Waals surface area contributed by atoms with Gasteiger partial charge >= 0.3 is 0 Å². The van der Waals surface area contributed by atoms with Crippen LogP contribution in [0.5, 0.6) is 5.75 Å². The first kappa shape index (κ1) is 13.5. The highest BCUT2D eigenvalue weighted by atomic mass is 32.4. The number of nitrogens with one attached hydrogen (secondary N) is 1. The molecule has 2 aromatic carbocycles. The molecule has 0 aliphatic heterocycles. The fourth-order valence-electron chi connectivity index (χ4n) is 1.69. The average Bonchev–Trinajstić information content (AvgIpc) is 2.36. The lowest BCUT2D eigenvalue weighted by Gasteiger charge is -2.18. The molecule has 0 heterocycles.